The van der Waals surface area contributed by atoms with E-state index < -0.39 is 17.8 Å². The van der Waals surface area contributed by atoms with E-state index in [0.29, 0.717) is 41.5 Å². The number of benzene rings is 2. The summed E-state index contributed by atoms with van der Waals surface area (Å²) in [6.07, 6.45) is 0.877. The van der Waals surface area contributed by atoms with Gasteiger partial charge in [-0.05, 0) is 74.6 Å². The molecule has 0 aliphatic heterocycles. The minimum atomic E-state index is -4.50. The fourth-order valence-electron chi connectivity index (χ4n) is 3.64. The lowest BCUT2D eigenvalue weighted by atomic mass is 10.1. The number of amides is 2. The number of halogens is 3. The number of rotatable bonds is 9. The Bertz CT molecular complexity index is 1260. The molecule has 1 saturated carbocycles. The number of carbonyl (C=O) groups is 2. The summed E-state index contributed by atoms with van der Waals surface area (Å²) in [5, 5.41) is 4.99. The average molecular weight is 499 g/mol. The number of hydrogen-bond acceptors (Lipinski definition) is 5. The van der Waals surface area contributed by atoms with Crippen molar-refractivity contribution >= 4 is 23.2 Å². The van der Waals surface area contributed by atoms with Gasteiger partial charge in [0.05, 0.1) is 5.56 Å². The lowest BCUT2D eigenvalue weighted by Gasteiger charge is -2.13. The van der Waals surface area contributed by atoms with E-state index in [1.165, 1.54) is 18.5 Å². The summed E-state index contributed by atoms with van der Waals surface area (Å²) in [7, 11) is 0. The molecule has 0 radical (unpaired) electrons. The highest BCUT2D eigenvalue weighted by Gasteiger charge is 2.30. The molecule has 2 N–H and O–H groups in total. The third-order valence-corrected chi connectivity index (χ3v) is 5.68. The SMILES string of the molecule is Cc1cc(NC(=O)Nc2cccc(C(F)(F)F)c2)ccc1Oc1cc(CCCC(=O)C2CC2)ncn1. The fourth-order valence-corrected chi connectivity index (χ4v) is 3.64. The Morgan fingerprint density at radius 1 is 1.03 bits per heavy atom. The van der Waals surface area contributed by atoms with Gasteiger partial charge in [-0.15, -0.1) is 0 Å². The van der Waals surface area contributed by atoms with E-state index in [4.69, 9.17) is 4.74 Å². The summed E-state index contributed by atoms with van der Waals surface area (Å²) < 4.78 is 44.5. The van der Waals surface area contributed by atoms with E-state index in [1.54, 1.807) is 31.2 Å². The molecular formula is C26H25F3N4O3. The molecule has 188 valence electrons. The fraction of sp³-hybridized carbons (Fsp3) is 0.308. The lowest BCUT2D eigenvalue weighted by molar-refractivity contribution is -0.137. The molecule has 0 bridgehead atoms. The number of ether oxygens (including phenoxy) is 1. The van der Waals surface area contributed by atoms with E-state index in [-0.39, 0.29) is 11.6 Å². The number of alkyl halides is 3. The van der Waals surface area contributed by atoms with Gasteiger partial charge in [0.25, 0.3) is 0 Å². The molecule has 1 aromatic heterocycles. The maximum absolute atomic E-state index is 12.9. The normalized spacial score (nSPS) is 13.2. The van der Waals surface area contributed by atoms with Gasteiger partial charge >= 0.3 is 12.2 Å². The first-order valence-electron chi connectivity index (χ1n) is 11.5. The Balaban J connectivity index is 1.32. The van der Waals surface area contributed by atoms with Gasteiger partial charge in [-0.25, -0.2) is 14.8 Å². The zero-order chi connectivity index (χ0) is 25.7. The molecule has 1 aliphatic carbocycles. The predicted octanol–water partition coefficient (Wildman–Crippen LogP) is 6.54. The Morgan fingerprint density at radius 2 is 1.78 bits per heavy atom. The Hall–Kier alpha value is -3.95. The first kappa shape index (κ1) is 25.2. The van der Waals surface area contributed by atoms with Crippen LogP contribution in [0.3, 0.4) is 0 Å². The van der Waals surface area contributed by atoms with E-state index >= 15 is 0 Å². The first-order valence-corrected chi connectivity index (χ1v) is 11.5. The molecule has 0 saturated heterocycles. The predicted molar refractivity (Wildman–Crippen MR) is 128 cm³/mol. The van der Waals surface area contributed by atoms with Gasteiger partial charge in [-0.3, -0.25) is 4.79 Å². The summed E-state index contributed by atoms with van der Waals surface area (Å²) in [6.45, 7) is 1.79. The molecule has 1 heterocycles. The summed E-state index contributed by atoms with van der Waals surface area (Å²) >= 11 is 0. The molecule has 3 aromatic rings. The van der Waals surface area contributed by atoms with Crippen LogP contribution in [0.1, 0.15) is 42.5 Å². The average Bonchev–Trinajstić information content (AvgIpc) is 3.66. The van der Waals surface area contributed by atoms with Crippen molar-refractivity contribution in [2.45, 2.75) is 45.2 Å². The van der Waals surface area contributed by atoms with Gasteiger partial charge in [0.2, 0.25) is 5.88 Å². The highest BCUT2D eigenvalue weighted by Crippen LogP contribution is 2.32. The lowest BCUT2D eigenvalue weighted by Crippen LogP contribution is -2.19. The number of aryl methyl sites for hydroxylation is 2. The molecule has 1 aliphatic rings. The van der Waals surface area contributed by atoms with Crippen LogP contribution in [0, 0.1) is 12.8 Å². The van der Waals surface area contributed by atoms with Crippen LogP contribution >= 0.6 is 0 Å². The second-order valence-electron chi connectivity index (χ2n) is 8.68. The van der Waals surface area contributed by atoms with Crippen molar-refractivity contribution in [1.29, 1.82) is 0 Å². The van der Waals surface area contributed by atoms with Gasteiger partial charge in [0, 0.05) is 35.5 Å². The van der Waals surface area contributed by atoms with Crippen molar-refractivity contribution < 1.29 is 27.5 Å². The number of urea groups is 1. The molecule has 0 unspecified atom stereocenters. The zero-order valence-electron chi connectivity index (χ0n) is 19.6. The van der Waals surface area contributed by atoms with E-state index in [1.807, 2.05) is 0 Å². The van der Waals surface area contributed by atoms with Gasteiger partial charge < -0.3 is 15.4 Å². The van der Waals surface area contributed by atoms with Crippen LogP contribution in [-0.4, -0.2) is 21.8 Å². The summed E-state index contributed by atoms with van der Waals surface area (Å²) in [5.41, 5.74) is 1.11. The quantitative estimate of drug-likeness (QED) is 0.349. The molecule has 36 heavy (non-hydrogen) atoms. The smallest absolute Gasteiger partial charge is 0.416 e. The zero-order valence-corrected chi connectivity index (χ0v) is 19.6. The largest absolute Gasteiger partial charge is 0.439 e. The number of Topliss-reactive ketones (excluding diaryl/α,β-unsaturated/α-hetero) is 1. The molecule has 0 spiro atoms. The van der Waals surface area contributed by atoms with Crippen LogP contribution < -0.4 is 15.4 Å². The number of hydrogen-bond donors (Lipinski definition) is 2. The third-order valence-electron chi connectivity index (χ3n) is 5.68. The topological polar surface area (TPSA) is 93.2 Å². The van der Waals surface area contributed by atoms with Crippen molar-refractivity contribution in [3.63, 3.8) is 0 Å². The van der Waals surface area contributed by atoms with E-state index in [2.05, 4.69) is 20.6 Å². The Kier molecular flexibility index (Phi) is 7.52. The number of anilines is 2. The molecule has 1 fully saturated rings. The van der Waals surface area contributed by atoms with Crippen LogP contribution in [0.25, 0.3) is 0 Å². The number of ketones is 1. The highest BCUT2D eigenvalue weighted by molar-refractivity contribution is 5.99. The van der Waals surface area contributed by atoms with Gasteiger partial charge in [0.1, 0.15) is 17.9 Å². The molecule has 2 amide bonds. The van der Waals surface area contributed by atoms with Crippen LogP contribution in [0.4, 0.5) is 29.3 Å². The number of aromatic nitrogens is 2. The van der Waals surface area contributed by atoms with Crippen molar-refractivity contribution in [3.8, 4) is 11.6 Å². The molecule has 0 atom stereocenters. The highest BCUT2D eigenvalue weighted by atomic mass is 19.4. The number of carbonyl (C=O) groups excluding carboxylic acids is 2. The first-order chi connectivity index (χ1) is 17.2. The van der Waals surface area contributed by atoms with Crippen molar-refractivity contribution in [2.24, 2.45) is 5.92 Å². The minimum absolute atomic E-state index is 0.0236. The second-order valence-corrected chi connectivity index (χ2v) is 8.68. The molecule has 4 rings (SSSR count). The van der Waals surface area contributed by atoms with Crippen molar-refractivity contribution in [2.75, 3.05) is 10.6 Å². The summed E-state index contributed by atoms with van der Waals surface area (Å²) in [4.78, 5) is 32.5. The number of nitrogens with zero attached hydrogens (tertiary/aromatic N) is 2. The monoisotopic (exact) mass is 498 g/mol. The van der Waals surface area contributed by atoms with Crippen molar-refractivity contribution in [3.05, 3.63) is 71.7 Å². The summed E-state index contributed by atoms with van der Waals surface area (Å²) in [6, 6.07) is 10.4. The van der Waals surface area contributed by atoms with Crippen molar-refractivity contribution in [1.82, 2.24) is 9.97 Å². The molecule has 10 heteroatoms. The van der Waals surface area contributed by atoms with E-state index in [9.17, 15) is 22.8 Å². The molecule has 2 aromatic carbocycles. The van der Waals surface area contributed by atoms with Crippen LogP contribution in [0.15, 0.2) is 54.9 Å². The molecular weight excluding hydrogens is 473 g/mol. The molecule has 7 nitrogen and oxygen atoms in total. The third kappa shape index (κ3) is 7.03. The number of nitrogens with one attached hydrogen (secondary N) is 2. The Morgan fingerprint density at radius 3 is 2.47 bits per heavy atom. The van der Waals surface area contributed by atoms with Crippen LogP contribution in [0.2, 0.25) is 0 Å². The van der Waals surface area contributed by atoms with Crippen LogP contribution in [0.5, 0.6) is 11.6 Å². The van der Waals surface area contributed by atoms with E-state index in [0.717, 1.165) is 37.1 Å². The van der Waals surface area contributed by atoms with Gasteiger partial charge in [0.15, 0.2) is 0 Å². The minimum Gasteiger partial charge on any atom is -0.439 e. The summed E-state index contributed by atoms with van der Waals surface area (Å²) in [5.74, 6) is 1.47. The van der Waals surface area contributed by atoms with Gasteiger partial charge in [-0.2, -0.15) is 13.2 Å². The maximum atomic E-state index is 12.9. The Labute approximate surface area is 206 Å². The van der Waals surface area contributed by atoms with Gasteiger partial charge in [-0.1, -0.05) is 6.07 Å². The standard InChI is InChI=1S/C26H25F3N4O3/c1-16-12-21(33-25(35)32-20-6-2-4-18(13-20)26(27,28)29)10-11-23(16)36-24-14-19(30-15-31-24)5-3-7-22(34)17-8-9-17/h2,4,6,10-15,17H,3,5,7-9H2,1H3,(H2,32,33,35). The second kappa shape index (κ2) is 10.8. The maximum Gasteiger partial charge on any atom is 0.416 e. The van der Waals surface area contributed by atoms with Crippen LogP contribution in [-0.2, 0) is 17.4 Å².